The van der Waals surface area contributed by atoms with Crippen molar-refractivity contribution in [2.75, 3.05) is 45.9 Å². The van der Waals surface area contributed by atoms with Crippen molar-refractivity contribution in [2.24, 2.45) is 5.16 Å². The van der Waals surface area contributed by atoms with Gasteiger partial charge < -0.3 is 19.4 Å². The Balaban J connectivity index is 1.27. The first-order valence-corrected chi connectivity index (χ1v) is 13.9. The highest BCUT2D eigenvalue weighted by Crippen LogP contribution is 2.30. The normalized spacial score (nSPS) is 18.8. The highest BCUT2D eigenvalue weighted by Gasteiger charge is 2.41. The van der Waals surface area contributed by atoms with Crippen molar-refractivity contribution in [3.8, 4) is 5.75 Å². The monoisotopic (exact) mass is 540 g/mol. The van der Waals surface area contributed by atoms with Crippen LogP contribution in [0.4, 0.5) is 0 Å². The summed E-state index contributed by atoms with van der Waals surface area (Å²) in [6.45, 7) is 5.06. The first kappa shape index (κ1) is 27.4. The summed E-state index contributed by atoms with van der Waals surface area (Å²) in [6.07, 6.45) is 0.368. The molecule has 0 bridgehead atoms. The molecule has 1 atom stereocenters. The van der Waals surface area contributed by atoms with Crippen LogP contribution in [0.2, 0.25) is 0 Å². The fourth-order valence-electron chi connectivity index (χ4n) is 5.45. The molecule has 3 aromatic rings. The maximum atomic E-state index is 13.8. The lowest BCUT2D eigenvalue weighted by molar-refractivity contribution is -0.146. The number of hydrogen-bond donors (Lipinski definition) is 0. The van der Waals surface area contributed by atoms with Gasteiger partial charge in [0.25, 0.3) is 5.91 Å². The number of hydrogen-bond acceptors (Lipinski definition) is 6. The van der Waals surface area contributed by atoms with Crippen LogP contribution in [0.15, 0.2) is 96.2 Å². The molecule has 2 amide bonds. The average Bonchev–Trinajstić information content (AvgIpc) is 3.45. The summed E-state index contributed by atoms with van der Waals surface area (Å²) in [5, 5.41) is 4.18. The van der Waals surface area contributed by atoms with Crippen LogP contribution in [0.5, 0.6) is 5.75 Å². The number of amides is 2. The van der Waals surface area contributed by atoms with E-state index >= 15 is 0 Å². The molecule has 0 aliphatic carbocycles. The van der Waals surface area contributed by atoms with Gasteiger partial charge in [0.05, 0.1) is 18.3 Å². The number of oxime groups is 1. The smallest absolute Gasteiger partial charge is 0.261 e. The number of para-hydroxylation sites is 1. The van der Waals surface area contributed by atoms with E-state index in [4.69, 9.17) is 9.57 Å². The van der Waals surface area contributed by atoms with Crippen LogP contribution in [-0.4, -0.2) is 84.2 Å². The molecule has 208 valence electrons. The Morgan fingerprint density at radius 3 is 2.00 bits per heavy atom. The van der Waals surface area contributed by atoms with Crippen molar-refractivity contribution in [1.29, 1.82) is 0 Å². The van der Waals surface area contributed by atoms with Gasteiger partial charge >= 0.3 is 0 Å². The number of carbonyl (C=O) groups is 2. The van der Waals surface area contributed by atoms with Crippen molar-refractivity contribution in [3.63, 3.8) is 0 Å². The third-order valence-electron chi connectivity index (χ3n) is 7.41. The van der Waals surface area contributed by atoms with Gasteiger partial charge in [-0.15, -0.1) is 0 Å². The summed E-state index contributed by atoms with van der Waals surface area (Å²) in [6, 6.07) is 29.7. The molecule has 0 spiro atoms. The predicted octanol–water partition coefficient (Wildman–Crippen LogP) is 3.99. The number of ether oxygens (including phenoxy) is 1. The van der Waals surface area contributed by atoms with E-state index in [0.717, 1.165) is 13.1 Å². The van der Waals surface area contributed by atoms with Crippen LogP contribution in [0.3, 0.4) is 0 Å². The van der Waals surface area contributed by atoms with Crippen LogP contribution in [0, 0.1) is 0 Å². The summed E-state index contributed by atoms with van der Waals surface area (Å²) >= 11 is 0. The van der Waals surface area contributed by atoms with E-state index < -0.39 is 6.04 Å². The Bertz CT molecular complexity index is 1240. The van der Waals surface area contributed by atoms with Gasteiger partial charge in [-0.25, -0.2) is 0 Å². The largest absolute Gasteiger partial charge is 0.484 e. The zero-order valence-electron chi connectivity index (χ0n) is 22.9. The molecule has 2 heterocycles. The summed E-state index contributed by atoms with van der Waals surface area (Å²) in [4.78, 5) is 38.2. The maximum Gasteiger partial charge on any atom is 0.261 e. The molecule has 0 aromatic heterocycles. The van der Waals surface area contributed by atoms with E-state index in [1.807, 2.05) is 42.2 Å². The number of rotatable bonds is 9. The van der Waals surface area contributed by atoms with Crippen LogP contribution >= 0.6 is 0 Å². The topological polar surface area (TPSA) is 74.7 Å². The summed E-state index contributed by atoms with van der Waals surface area (Å²) in [5.74, 6) is 0.324. The van der Waals surface area contributed by atoms with Crippen molar-refractivity contribution in [1.82, 2.24) is 14.7 Å². The number of piperazine rings is 1. The third-order valence-corrected chi connectivity index (χ3v) is 7.41. The molecule has 8 heteroatoms. The quantitative estimate of drug-likeness (QED) is 0.384. The minimum absolute atomic E-state index is 0.0506. The van der Waals surface area contributed by atoms with Crippen molar-refractivity contribution in [2.45, 2.75) is 25.4 Å². The molecule has 1 unspecified atom stereocenters. The average molecular weight is 541 g/mol. The van der Waals surface area contributed by atoms with Crippen LogP contribution in [-0.2, 0) is 14.4 Å². The molecule has 2 saturated heterocycles. The van der Waals surface area contributed by atoms with Gasteiger partial charge in [-0.3, -0.25) is 14.5 Å². The van der Waals surface area contributed by atoms with Crippen molar-refractivity contribution in [3.05, 3.63) is 102 Å². The molecule has 2 fully saturated rings. The SMILES string of the molecule is CCON=C1CC(C(=O)N2CCN(C(c3ccccc3)c3ccccc3)CC2)N(C(=O)COc2ccccc2)C1. The van der Waals surface area contributed by atoms with Gasteiger partial charge in [0.15, 0.2) is 6.61 Å². The highest BCUT2D eigenvalue weighted by molar-refractivity contribution is 6.01. The minimum atomic E-state index is -0.614. The highest BCUT2D eigenvalue weighted by atomic mass is 16.6. The van der Waals surface area contributed by atoms with Gasteiger partial charge in [-0.2, -0.15) is 0 Å². The van der Waals surface area contributed by atoms with Gasteiger partial charge in [0, 0.05) is 32.6 Å². The van der Waals surface area contributed by atoms with Crippen molar-refractivity contribution >= 4 is 17.5 Å². The van der Waals surface area contributed by atoms with Crippen molar-refractivity contribution < 1.29 is 19.2 Å². The van der Waals surface area contributed by atoms with Crippen LogP contribution < -0.4 is 4.74 Å². The summed E-state index contributed by atoms with van der Waals surface area (Å²) < 4.78 is 5.70. The van der Waals surface area contributed by atoms with Gasteiger partial charge in [-0.05, 0) is 30.2 Å². The lowest BCUT2D eigenvalue weighted by Gasteiger charge is -2.41. The Morgan fingerprint density at radius 2 is 1.43 bits per heavy atom. The molecule has 40 heavy (non-hydrogen) atoms. The van der Waals surface area contributed by atoms with E-state index in [2.05, 4.69) is 58.6 Å². The van der Waals surface area contributed by atoms with E-state index in [1.165, 1.54) is 11.1 Å². The first-order chi connectivity index (χ1) is 19.6. The number of likely N-dealkylation sites (tertiary alicyclic amines) is 1. The van der Waals surface area contributed by atoms with E-state index in [0.29, 0.717) is 37.6 Å². The second-order valence-electron chi connectivity index (χ2n) is 10.0. The summed E-state index contributed by atoms with van der Waals surface area (Å²) in [5.41, 5.74) is 3.16. The van der Waals surface area contributed by atoms with E-state index in [-0.39, 0.29) is 31.0 Å². The molecule has 0 saturated carbocycles. The Kier molecular flexibility index (Phi) is 9.08. The molecule has 8 nitrogen and oxygen atoms in total. The first-order valence-electron chi connectivity index (χ1n) is 13.9. The molecule has 2 aliphatic rings. The number of nitrogens with zero attached hydrogens (tertiary/aromatic N) is 4. The lowest BCUT2D eigenvalue weighted by Crippen LogP contribution is -2.55. The van der Waals surface area contributed by atoms with Crippen LogP contribution in [0.25, 0.3) is 0 Å². The fraction of sp³-hybridized carbons (Fsp3) is 0.344. The molecule has 5 rings (SSSR count). The second kappa shape index (κ2) is 13.3. The Morgan fingerprint density at radius 1 is 0.850 bits per heavy atom. The zero-order chi connectivity index (χ0) is 27.7. The fourth-order valence-corrected chi connectivity index (χ4v) is 5.45. The van der Waals surface area contributed by atoms with Gasteiger partial charge in [-0.1, -0.05) is 84.0 Å². The molecule has 0 N–H and O–H groups in total. The lowest BCUT2D eigenvalue weighted by atomic mass is 9.96. The van der Waals surface area contributed by atoms with E-state index in [1.54, 1.807) is 17.0 Å². The number of carbonyl (C=O) groups excluding carboxylic acids is 2. The molecular formula is C32H36N4O4. The number of benzene rings is 3. The minimum Gasteiger partial charge on any atom is -0.484 e. The second-order valence-corrected chi connectivity index (χ2v) is 10.0. The maximum absolute atomic E-state index is 13.8. The third kappa shape index (κ3) is 6.51. The van der Waals surface area contributed by atoms with E-state index in [9.17, 15) is 9.59 Å². The Hall–Kier alpha value is -4.17. The molecule has 0 radical (unpaired) electrons. The Labute approximate surface area is 235 Å². The van der Waals surface area contributed by atoms with Gasteiger partial charge in [0.1, 0.15) is 18.4 Å². The standard InChI is InChI=1S/C32H36N4O4/c1-2-40-33-27-22-29(36(23-27)30(37)24-39-28-16-10-5-11-17-28)32(38)35-20-18-34(19-21-35)31(25-12-6-3-7-13-25)26-14-8-4-9-15-26/h3-17,29,31H,2,18-24H2,1H3. The molecule has 3 aromatic carbocycles. The zero-order valence-corrected chi connectivity index (χ0v) is 22.9. The van der Waals surface area contributed by atoms with Crippen LogP contribution in [0.1, 0.15) is 30.5 Å². The summed E-state index contributed by atoms with van der Waals surface area (Å²) in [7, 11) is 0. The van der Waals surface area contributed by atoms with Gasteiger partial charge in [0.2, 0.25) is 5.91 Å². The molecular weight excluding hydrogens is 504 g/mol. The predicted molar refractivity (Wildman–Crippen MR) is 154 cm³/mol. The molecule has 2 aliphatic heterocycles.